The fourth-order valence-electron chi connectivity index (χ4n) is 1.38. The molecule has 0 aromatic heterocycles. The van der Waals surface area contributed by atoms with E-state index in [0.717, 1.165) is 0 Å². The van der Waals surface area contributed by atoms with Crippen LogP contribution in [0.1, 0.15) is 33.1 Å². The number of hydrogen-bond acceptors (Lipinski definition) is 4. The number of hydrogen-bond donors (Lipinski definition) is 2. The van der Waals surface area contributed by atoms with Crippen LogP contribution >= 0.6 is 0 Å². The van der Waals surface area contributed by atoms with Crippen LogP contribution in [0, 0.1) is 0 Å². The Labute approximate surface area is 97.9 Å². The van der Waals surface area contributed by atoms with Crippen molar-refractivity contribution in [2.24, 2.45) is 0 Å². The number of carbonyl (C=O) groups is 4. The molecule has 94 valence electrons. The highest BCUT2D eigenvalue weighted by Crippen LogP contribution is 2.18. The van der Waals surface area contributed by atoms with Crippen molar-refractivity contribution in [2.75, 3.05) is 0 Å². The zero-order valence-electron chi connectivity index (χ0n) is 9.65. The summed E-state index contributed by atoms with van der Waals surface area (Å²) in [6.07, 6.45) is -1.13. The highest BCUT2D eigenvalue weighted by atomic mass is 16.4. The summed E-state index contributed by atoms with van der Waals surface area (Å²) in [4.78, 5) is 43.3. The number of rotatable bonds is 7. The van der Waals surface area contributed by atoms with Crippen LogP contribution in [0.15, 0.2) is 11.1 Å². The van der Waals surface area contributed by atoms with E-state index in [2.05, 4.69) is 0 Å². The second kappa shape index (κ2) is 6.57. The number of ketones is 2. The summed E-state index contributed by atoms with van der Waals surface area (Å²) in [6.45, 7) is 2.50. The Balaban J connectivity index is 5.36. The molecule has 0 saturated heterocycles. The highest BCUT2D eigenvalue weighted by molar-refractivity contribution is 5.95. The molecule has 6 heteroatoms. The molecule has 0 spiro atoms. The highest BCUT2D eigenvalue weighted by Gasteiger charge is 2.19. The van der Waals surface area contributed by atoms with Gasteiger partial charge >= 0.3 is 11.9 Å². The molecule has 0 radical (unpaired) electrons. The van der Waals surface area contributed by atoms with Crippen molar-refractivity contribution in [1.29, 1.82) is 0 Å². The van der Waals surface area contributed by atoms with Gasteiger partial charge in [0, 0.05) is 18.4 Å². The summed E-state index contributed by atoms with van der Waals surface area (Å²) < 4.78 is 0. The SMILES string of the molecule is CC(=O)CC(CC(C)=O)=C(CC(=O)O)C(=O)O. The molecule has 0 unspecified atom stereocenters. The minimum absolute atomic E-state index is 0.0694. The minimum atomic E-state index is -1.41. The molecule has 0 aliphatic heterocycles. The minimum Gasteiger partial charge on any atom is -0.481 e. The molecule has 0 atom stereocenters. The van der Waals surface area contributed by atoms with Crippen LogP contribution in [-0.2, 0) is 19.2 Å². The van der Waals surface area contributed by atoms with Gasteiger partial charge < -0.3 is 10.2 Å². The molecule has 17 heavy (non-hydrogen) atoms. The first-order valence-corrected chi connectivity index (χ1v) is 4.89. The average molecular weight is 242 g/mol. The summed E-state index contributed by atoms with van der Waals surface area (Å²) in [7, 11) is 0. The van der Waals surface area contributed by atoms with Gasteiger partial charge in [-0.1, -0.05) is 0 Å². The Morgan fingerprint density at radius 3 is 1.47 bits per heavy atom. The summed E-state index contributed by atoms with van der Waals surface area (Å²) in [5.74, 6) is -3.35. The molecular weight excluding hydrogens is 228 g/mol. The number of Topliss-reactive ketones (excluding diaryl/α,β-unsaturated/α-hetero) is 2. The van der Waals surface area contributed by atoms with Gasteiger partial charge in [-0.25, -0.2) is 4.79 Å². The lowest BCUT2D eigenvalue weighted by Crippen LogP contribution is -2.13. The molecule has 2 N–H and O–H groups in total. The van der Waals surface area contributed by atoms with Gasteiger partial charge in [-0.15, -0.1) is 0 Å². The average Bonchev–Trinajstić information content (AvgIpc) is 2.10. The Bertz CT molecular complexity index is 373. The molecule has 0 aromatic rings. The van der Waals surface area contributed by atoms with Crippen molar-refractivity contribution < 1.29 is 29.4 Å². The van der Waals surface area contributed by atoms with Crippen LogP contribution in [0.4, 0.5) is 0 Å². The molecule has 6 nitrogen and oxygen atoms in total. The topological polar surface area (TPSA) is 109 Å². The van der Waals surface area contributed by atoms with E-state index in [1.165, 1.54) is 13.8 Å². The van der Waals surface area contributed by atoms with Crippen LogP contribution in [0.25, 0.3) is 0 Å². The Kier molecular flexibility index (Phi) is 5.80. The number of carboxylic acids is 2. The molecule has 0 aliphatic carbocycles. The van der Waals surface area contributed by atoms with E-state index in [9.17, 15) is 19.2 Å². The second-order valence-corrected chi connectivity index (χ2v) is 3.72. The number of carbonyl (C=O) groups excluding carboxylic acids is 2. The van der Waals surface area contributed by atoms with E-state index in [1.807, 2.05) is 0 Å². The summed E-state index contributed by atoms with van der Waals surface area (Å²) in [5, 5.41) is 17.5. The van der Waals surface area contributed by atoms with Gasteiger partial charge in [-0.2, -0.15) is 0 Å². The lowest BCUT2D eigenvalue weighted by Gasteiger charge is -2.08. The van der Waals surface area contributed by atoms with Gasteiger partial charge in [0.25, 0.3) is 0 Å². The van der Waals surface area contributed by atoms with E-state index >= 15 is 0 Å². The molecule has 0 aliphatic rings. The summed E-state index contributed by atoms with van der Waals surface area (Å²) in [6, 6.07) is 0. The fourth-order valence-corrected chi connectivity index (χ4v) is 1.38. The molecule has 0 heterocycles. The van der Waals surface area contributed by atoms with E-state index in [1.54, 1.807) is 0 Å². The summed E-state index contributed by atoms with van der Waals surface area (Å²) in [5.41, 5.74) is -0.317. The van der Waals surface area contributed by atoms with Gasteiger partial charge in [0.1, 0.15) is 11.6 Å². The first kappa shape index (κ1) is 15.0. The standard InChI is InChI=1S/C11H14O6/c1-6(12)3-8(4-7(2)13)9(11(16)17)5-10(14)15/h3-5H2,1-2H3,(H,14,15)(H,16,17). The smallest absolute Gasteiger partial charge is 0.332 e. The van der Waals surface area contributed by atoms with Crippen molar-refractivity contribution in [1.82, 2.24) is 0 Å². The van der Waals surface area contributed by atoms with Gasteiger partial charge in [0.2, 0.25) is 0 Å². The predicted molar refractivity (Wildman–Crippen MR) is 57.5 cm³/mol. The zero-order valence-corrected chi connectivity index (χ0v) is 9.65. The molecule has 0 fully saturated rings. The largest absolute Gasteiger partial charge is 0.481 e. The monoisotopic (exact) mass is 242 g/mol. The van der Waals surface area contributed by atoms with Crippen molar-refractivity contribution in [3.63, 3.8) is 0 Å². The molecule has 0 aromatic carbocycles. The maximum atomic E-state index is 11.0. The third-order valence-corrected chi connectivity index (χ3v) is 1.94. The second-order valence-electron chi connectivity index (χ2n) is 3.72. The fraction of sp³-hybridized carbons (Fsp3) is 0.455. The molecular formula is C11H14O6. The van der Waals surface area contributed by atoms with Crippen molar-refractivity contribution in [3.05, 3.63) is 11.1 Å². The first-order valence-electron chi connectivity index (χ1n) is 4.89. The lowest BCUT2D eigenvalue weighted by atomic mass is 9.96. The maximum absolute atomic E-state index is 11.0. The predicted octanol–water partition coefficient (Wildman–Crippen LogP) is 0.800. The van der Waals surface area contributed by atoms with Gasteiger partial charge in [-0.05, 0) is 19.4 Å². The van der Waals surface area contributed by atoms with Crippen LogP contribution in [0.2, 0.25) is 0 Å². The van der Waals surface area contributed by atoms with Crippen molar-refractivity contribution >= 4 is 23.5 Å². The number of aliphatic carboxylic acids is 2. The van der Waals surface area contributed by atoms with Crippen molar-refractivity contribution in [2.45, 2.75) is 33.1 Å². The van der Waals surface area contributed by atoms with Crippen LogP contribution in [0.5, 0.6) is 0 Å². The maximum Gasteiger partial charge on any atom is 0.332 e. The molecule has 0 amide bonds. The molecule has 0 rings (SSSR count). The Hall–Kier alpha value is -1.98. The van der Waals surface area contributed by atoms with Gasteiger partial charge in [0.15, 0.2) is 0 Å². The third kappa shape index (κ3) is 6.24. The van der Waals surface area contributed by atoms with Gasteiger partial charge in [-0.3, -0.25) is 14.4 Å². The van der Waals surface area contributed by atoms with Crippen LogP contribution < -0.4 is 0 Å². The van der Waals surface area contributed by atoms with Crippen LogP contribution in [-0.4, -0.2) is 33.7 Å². The Morgan fingerprint density at radius 2 is 1.24 bits per heavy atom. The third-order valence-electron chi connectivity index (χ3n) is 1.94. The lowest BCUT2D eigenvalue weighted by molar-refractivity contribution is -0.139. The van der Waals surface area contributed by atoms with E-state index in [-0.39, 0.29) is 35.6 Å². The zero-order chi connectivity index (χ0) is 13.6. The number of carboxylic acid groups (broad SMARTS) is 2. The molecule has 0 saturated carbocycles. The van der Waals surface area contributed by atoms with E-state index < -0.39 is 18.4 Å². The van der Waals surface area contributed by atoms with E-state index in [0.29, 0.717) is 0 Å². The summed E-state index contributed by atoms with van der Waals surface area (Å²) >= 11 is 0. The normalized spacial score (nSPS) is 9.53. The number of allylic oxidation sites excluding steroid dienone is 1. The van der Waals surface area contributed by atoms with E-state index in [4.69, 9.17) is 10.2 Å². The van der Waals surface area contributed by atoms with Crippen LogP contribution in [0.3, 0.4) is 0 Å². The van der Waals surface area contributed by atoms with Gasteiger partial charge in [0.05, 0.1) is 6.42 Å². The molecule has 0 bridgehead atoms. The quantitative estimate of drug-likeness (QED) is 0.639. The Morgan fingerprint density at radius 1 is 0.824 bits per heavy atom. The van der Waals surface area contributed by atoms with Crippen molar-refractivity contribution in [3.8, 4) is 0 Å². The first-order chi connectivity index (χ1) is 7.73.